The SMILES string of the molecule is CCS(=O)(=O)[C@H]1[C@H](c2ccc3c(c2)OCO3)[C@@]1(CO)C(=O)O. The number of rotatable bonds is 5. The zero-order chi connectivity index (χ0) is 16.1. The number of hydrogen-bond donors (Lipinski definition) is 2. The van der Waals surface area contributed by atoms with Gasteiger partial charge in [-0.05, 0) is 17.7 Å². The average Bonchev–Trinajstić information content (AvgIpc) is 3.00. The number of ether oxygens (including phenoxy) is 2. The monoisotopic (exact) mass is 328 g/mol. The summed E-state index contributed by atoms with van der Waals surface area (Å²) in [4.78, 5) is 11.6. The van der Waals surface area contributed by atoms with E-state index in [2.05, 4.69) is 0 Å². The summed E-state index contributed by atoms with van der Waals surface area (Å²) in [5.41, 5.74) is -1.18. The van der Waals surface area contributed by atoms with Gasteiger partial charge in [-0.25, -0.2) is 8.42 Å². The van der Waals surface area contributed by atoms with Crippen LogP contribution in [0.25, 0.3) is 0 Å². The molecule has 3 rings (SSSR count). The molecule has 0 bridgehead atoms. The molecule has 2 aliphatic rings. The van der Waals surface area contributed by atoms with Gasteiger partial charge in [-0.2, -0.15) is 0 Å². The fraction of sp³-hybridized carbons (Fsp3) is 0.500. The second kappa shape index (κ2) is 4.85. The van der Waals surface area contributed by atoms with Gasteiger partial charge in [0, 0.05) is 11.7 Å². The molecule has 1 aromatic rings. The number of aliphatic hydroxyl groups excluding tert-OH is 1. The third kappa shape index (κ3) is 1.90. The van der Waals surface area contributed by atoms with Gasteiger partial charge in [0.15, 0.2) is 21.3 Å². The van der Waals surface area contributed by atoms with Crippen LogP contribution >= 0.6 is 0 Å². The Morgan fingerprint density at radius 2 is 2.05 bits per heavy atom. The molecule has 1 heterocycles. The Kier molecular flexibility index (Phi) is 3.33. The maximum atomic E-state index is 12.2. The van der Waals surface area contributed by atoms with Crippen LogP contribution in [0.15, 0.2) is 18.2 Å². The summed E-state index contributed by atoms with van der Waals surface area (Å²) in [5.74, 6) is -1.29. The van der Waals surface area contributed by atoms with Crippen LogP contribution in [0.5, 0.6) is 11.5 Å². The quantitative estimate of drug-likeness (QED) is 0.804. The summed E-state index contributed by atoms with van der Waals surface area (Å²) < 4.78 is 34.9. The molecule has 0 unspecified atom stereocenters. The van der Waals surface area contributed by atoms with Gasteiger partial charge in [0.2, 0.25) is 6.79 Å². The van der Waals surface area contributed by atoms with Crippen LogP contribution in [0.4, 0.5) is 0 Å². The number of carbonyl (C=O) groups is 1. The summed E-state index contributed by atoms with van der Waals surface area (Å²) in [5, 5.41) is 17.9. The van der Waals surface area contributed by atoms with Gasteiger partial charge in [-0.3, -0.25) is 4.79 Å². The molecule has 0 aromatic heterocycles. The van der Waals surface area contributed by atoms with Gasteiger partial charge in [0.25, 0.3) is 0 Å². The van der Waals surface area contributed by atoms with Crippen LogP contribution in [0.2, 0.25) is 0 Å². The van der Waals surface area contributed by atoms with Crippen LogP contribution in [0, 0.1) is 5.41 Å². The third-order valence-electron chi connectivity index (χ3n) is 4.46. The molecule has 2 N–H and O–H groups in total. The van der Waals surface area contributed by atoms with Crippen molar-refractivity contribution in [1.82, 2.24) is 0 Å². The minimum atomic E-state index is -3.61. The standard InChI is InChI=1S/C14H16O7S/c1-2-22(18,19)12-11(14(12,6-15)13(16)17)8-3-4-9-10(5-8)21-7-20-9/h3-5,11-12,15H,2,6-7H2,1H3,(H,16,17)/t11-,12-,14+/m0/s1. The number of carboxylic acids is 1. The molecular weight excluding hydrogens is 312 g/mol. The van der Waals surface area contributed by atoms with Crippen molar-refractivity contribution in [1.29, 1.82) is 0 Å². The van der Waals surface area contributed by atoms with E-state index in [-0.39, 0.29) is 12.5 Å². The fourth-order valence-corrected chi connectivity index (χ4v) is 5.26. The summed E-state index contributed by atoms with van der Waals surface area (Å²) in [7, 11) is -3.61. The molecule has 0 radical (unpaired) electrons. The van der Waals surface area contributed by atoms with Crippen LogP contribution in [0.1, 0.15) is 18.4 Å². The van der Waals surface area contributed by atoms with Gasteiger partial charge in [0.05, 0.1) is 11.9 Å². The topological polar surface area (TPSA) is 110 Å². The molecule has 3 atom stereocenters. The molecule has 0 amide bonds. The Morgan fingerprint density at radius 1 is 1.36 bits per heavy atom. The lowest BCUT2D eigenvalue weighted by Crippen LogP contribution is -2.28. The molecule has 120 valence electrons. The van der Waals surface area contributed by atoms with Crippen molar-refractivity contribution in [2.75, 3.05) is 19.2 Å². The molecule has 1 aromatic carbocycles. The number of fused-ring (bicyclic) bond motifs is 1. The normalized spacial score (nSPS) is 29.4. The molecule has 1 aliphatic carbocycles. The molecule has 1 saturated carbocycles. The molecule has 8 heteroatoms. The Hall–Kier alpha value is -1.80. The van der Waals surface area contributed by atoms with E-state index in [1.807, 2.05) is 0 Å². The highest BCUT2D eigenvalue weighted by Crippen LogP contribution is 2.63. The highest BCUT2D eigenvalue weighted by atomic mass is 32.2. The Balaban J connectivity index is 2.06. The second-order valence-electron chi connectivity index (χ2n) is 5.47. The number of hydrogen-bond acceptors (Lipinski definition) is 6. The van der Waals surface area contributed by atoms with Crippen molar-refractivity contribution in [2.45, 2.75) is 18.1 Å². The van der Waals surface area contributed by atoms with Crippen molar-refractivity contribution in [3.05, 3.63) is 23.8 Å². The highest BCUT2D eigenvalue weighted by molar-refractivity contribution is 7.92. The van der Waals surface area contributed by atoms with Crippen molar-refractivity contribution in [3.63, 3.8) is 0 Å². The highest BCUT2D eigenvalue weighted by Gasteiger charge is 2.75. The predicted molar refractivity (Wildman–Crippen MR) is 75.7 cm³/mol. The molecule has 1 fully saturated rings. The van der Waals surface area contributed by atoms with Crippen LogP contribution in [-0.4, -0.2) is 49.0 Å². The smallest absolute Gasteiger partial charge is 0.314 e. The van der Waals surface area contributed by atoms with Crippen molar-refractivity contribution >= 4 is 15.8 Å². The van der Waals surface area contributed by atoms with E-state index in [0.717, 1.165) is 0 Å². The van der Waals surface area contributed by atoms with Gasteiger partial charge >= 0.3 is 5.97 Å². The lowest BCUT2D eigenvalue weighted by atomic mass is 10.00. The van der Waals surface area contributed by atoms with E-state index in [1.54, 1.807) is 18.2 Å². The molecule has 22 heavy (non-hydrogen) atoms. The first-order chi connectivity index (χ1) is 10.4. The van der Waals surface area contributed by atoms with E-state index in [9.17, 15) is 23.4 Å². The zero-order valence-electron chi connectivity index (χ0n) is 11.9. The van der Waals surface area contributed by atoms with Gasteiger partial charge in [0.1, 0.15) is 5.41 Å². The fourth-order valence-electron chi connectivity index (χ4n) is 3.20. The van der Waals surface area contributed by atoms with E-state index in [4.69, 9.17) is 9.47 Å². The maximum absolute atomic E-state index is 12.2. The van der Waals surface area contributed by atoms with Gasteiger partial charge < -0.3 is 19.7 Å². The van der Waals surface area contributed by atoms with Gasteiger partial charge in [-0.1, -0.05) is 13.0 Å². The molecule has 0 saturated heterocycles. The Labute approximate surface area is 127 Å². The second-order valence-corrected chi connectivity index (χ2v) is 7.88. The average molecular weight is 328 g/mol. The summed E-state index contributed by atoms with van der Waals surface area (Å²) >= 11 is 0. The Morgan fingerprint density at radius 3 is 2.64 bits per heavy atom. The molecule has 0 spiro atoms. The molecule has 1 aliphatic heterocycles. The third-order valence-corrected chi connectivity index (χ3v) is 6.73. The van der Waals surface area contributed by atoms with E-state index in [1.165, 1.54) is 6.92 Å². The maximum Gasteiger partial charge on any atom is 0.314 e. The van der Waals surface area contributed by atoms with Crippen LogP contribution in [-0.2, 0) is 14.6 Å². The summed E-state index contributed by atoms with van der Waals surface area (Å²) in [6.45, 7) is 0.809. The largest absolute Gasteiger partial charge is 0.481 e. The number of aliphatic carboxylic acids is 1. The van der Waals surface area contributed by atoms with Gasteiger partial charge in [-0.15, -0.1) is 0 Å². The summed E-state index contributed by atoms with van der Waals surface area (Å²) in [6, 6.07) is 4.83. The van der Waals surface area contributed by atoms with Crippen molar-refractivity contribution in [3.8, 4) is 11.5 Å². The van der Waals surface area contributed by atoms with Crippen LogP contribution < -0.4 is 9.47 Å². The zero-order valence-corrected chi connectivity index (χ0v) is 12.7. The van der Waals surface area contributed by atoms with Crippen LogP contribution in [0.3, 0.4) is 0 Å². The number of benzene rings is 1. The lowest BCUT2D eigenvalue weighted by molar-refractivity contribution is -0.145. The van der Waals surface area contributed by atoms with E-state index < -0.39 is 39.0 Å². The number of carboxylic acid groups (broad SMARTS) is 1. The Bertz CT molecular complexity index is 727. The predicted octanol–water partition coefficient (Wildman–Crippen LogP) is 0.379. The van der Waals surface area contributed by atoms with E-state index in [0.29, 0.717) is 17.1 Å². The van der Waals surface area contributed by atoms with Crippen molar-refractivity contribution in [2.24, 2.45) is 5.41 Å². The first kappa shape index (κ1) is 15.1. The minimum absolute atomic E-state index is 0.0736. The number of aliphatic hydroxyl groups is 1. The first-order valence-electron chi connectivity index (χ1n) is 6.84. The van der Waals surface area contributed by atoms with E-state index >= 15 is 0 Å². The summed E-state index contributed by atoms with van der Waals surface area (Å²) in [6.07, 6.45) is 0. The molecular formula is C14H16O7S. The van der Waals surface area contributed by atoms with Crippen molar-refractivity contribution < 1.29 is 32.9 Å². The number of sulfone groups is 1. The minimum Gasteiger partial charge on any atom is -0.481 e. The molecule has 7 nitrogen and oxygen atoms in total. The lowest BCUT2D eigenvalue weighted by Gasteiger charge is -2.09. The first-order valence-corrected chi connectivity index (χ1v) is 8.55.